The zero-order valence-electron chi connectivity index (χ0n) is 8.21. The fourth-order valence-corrected chi connectivity index (χ4v) is 0.906. The minimum absolute atomic E-state index is 0.526. The number of aromatic nitrogens is 1. The smallest absolute Gasteiger partial charge is 0.422 e. The molecule has 0 radical (unpaired) electrons. The fourth-order valence-electron chi connectivity index (χ4n) is 0.906. The first-order valence-electron chi connectivity index (χ1n) is 4.19. The van der Waals surface area contributed by atoms with Crippen LogP contribution >= 0.6 is 0 Å². The SMILES string of the molecule is NNC(=O)c1cc(OCC(F)(F)F)ncc1F. The normalized spacial score (nSPS) is 11.1. The van der Waals surface area contributed by atoms with E-state index in [2.05, 4.69) is 9.72 Å². The first-order valence-corrected chi connectivity index (χ1v) is 4.19. The highest BCUT2D eigenvalue weighted by molar-refractivity contribution is 5.94. The topological polar surface area (TPSA) is 77.2 Å². The van der Waals surface area contributed by atoms with Crippen LogP contribution in [0.1, 0.15) is 10.4 Å². The van der Waals surface area contributed by atoms with Gasteiger partial charge < -0.3 is 4.74 Å². The molecule has 0 bridgehead atoms. The maximum atomic E-state index is 13.0. The summed E-state index contributed by atoms with van der Waals surface area (Å²) in [7, 11) is 0. The van der Waals surface area contributed by atoms with Gasteiger partial charge in [-0.25, -0.2) is 15.2 Å². The van der Waals surface area contributed by atoms with Crippen LogP contribution < -0.4 is 16.0 Å². The summed E-state index contributed by atoms with van der Waals surface area (Å²) in [6.45, 7) is -1.59. The number of amides is 1. The highest BCUT2D eigenvalue weighted by Gasteiger charge is 2.29. The van der Waals surface area contributed by atoms with Crippen LogP contribution in [0.15, 0.2) is 12.3 Å². The van der Waals surface area contributed by atoms with E-state index < -0.39 is 36.0 Å². The highest BCUT2D eigenvalue weighted by atomic mass is 19.4. The minimum atomic E-state index is -4.55. The molecule has 0 saturated carbocycles. The molecule has 0 aliphatic heterocycles. The molecule has 0 atom stereocenters. The fraction of sp³-hybridized carbons (Fsp3) is 0.250. The van der Waals surface area contributed by atoms with Crippen LogP contribution in [-0.4, -0.2) is 23.7 Å². The van der Waals surface area contributed by atoms with Crippen LogP contribution in [0, 0.1) is 5.82 Å². The van der Waals surface area contributed by atoms with E-state index in [1.165, 1.54) is 0 Å². The molecule has 1 rings (SSSR count). The number of carbonyl (C=O) groups is 1. The Labute approximate surface area is 92.5 Å². The Hall–Kier alpha value is -1.90. The van der Waals surface area contributed by atoms with Crippen molar-refractivity contribution in [2.24, 2.45) is 5.84 Å². The van der Waals surface area contributed by atoms with Crippen molar-refractivity contribution < 1.29 is 27.1 Å². The lowest BCUT2D eigenvalue weighted by Gasteiger charge is -2.09. The number of alkyl halides is 3. The van der Waals surface area contributed by atoms with Gasteiger partial charge in [-0.2, -0.15) is 13.2 Å². The predicted octanol–water partition coefficient (Wildman–Crippen LogP) is 0.765. The number of hydrazine groups is 1. The quantitative estimate of drug-likeness (QED) is 0.361. The second-order valence-electron chi connectivity index (χ2n) is 2.88. The van der Waals surface area contributed by atoms with Crippen molar-refractivity contribution in [1.29, 1.82) is 0 Å². The lowest BCUT2D eigenvalue weighted by Crippen LogP contribution is -2.31. The van der Waals surface area contributed by atoms with Gasteiger partial charge in [-0.05, 0) is 0 Å². The van der Waals surface area contributed by atoms with E-state index in [0.29, 0.717) is 6.20 Å². The molecule has 1 amide bonds. The van der Waals surface area contributed by atoms with Crippen LogP contribution in [0.2, 0.25) is 0 Å². The van der Waals surface area contributed by atoms with Crippen LogP contribution in [0.5, 0.6) is 5.88 Å². The van der Waals surface area contributed by atoms with E-state index in [0.717, 1.165) is 6.07 Å². The van der Waals surface area contributed by atoms with Crippen molar-refractivity contribution >= 4 is 5.91 Å². The second-order valence-corrected chi connectivity index (χ2v) is 2.88. The van der Waals surface area contributed by atoms with E-state index in [-0.39, 0.29) is 0 Å². The number of carbonyl (C=O) groups excluding carboxylic acids is 1. The van der Waals surface area contributed by atoms with Gasteiger partial charge in [0.2, 0.25) is 5.88 Å². The number of nitrogen functional groups attached to an aromatic ring is 1. The van der Waals surface area contributed by atoms with E-state index >= 15 is 0 Å². The molecule has 0 saturated heterocycles. The number of nitrogens with zero attached hydrogens (tertiary/aromatic N) is 1. The monoisotopic (exact) mass is 253 g/mol. The zero-order chi connectivity index (χ0) is 13.1. The van der Waals surface area contributed by atoms with Gasteiger partial charge in [0.15, 0.2) is 12.4 Å². The van der Waals surface area contributed by atoms with Gasteiger partial charge in [-0.3, -0.25) is 10.2 Å². The maximum absolute atomic E-state index is 13.0. The Bertz CT molecular complexity index is 422. The molecule has 0 fully saturated rings. The summed E-state index contributed by atoms with van der Waals surface area (Å²) >= 11 is 0. The van der Waals surface area contributed by atoms with E-state index in [1.807, 2.05) is 0 Å². The number of rotatable bonds is 3. The number of hydrogen-bond acceptors (Lipinski definition) is 4. The van der Waals surface area contributed by atoms with E-state index in [9.17, 15) is 22.4 Å². The molecule has 3 N–H and O–H groups in total. The first-order chi connectivity index (χ1) is 7.83. The van der Waals surface area contributed by atoms with Gasteiger partial charge >= 0.3 is 6.18 Å². The van der Waals surface area contributed by atoms with Crippen molar-refractivity contribution in [1.82, 2.24) is 10.4 Å². The van der Waals surface area contributed by atoms with Crippen molar-refractivity contribution in [2.75, 3.05) is 6.61 Å². The number of ether oxygens (including phenoxy) is 1. The molecule has 0 unspecified atom stereocenters. The van der Waals surface area contributed by atoms with Crippen molar-refractivity contribution in [3.63, 3.8) is 0 Å². The van der Waals surface area contributed by atoms with Crippen LogP contribution in [0.4, 0.5) is 17.6 Å². The first kappa shape index (κ1) is 13.2. The molecule has 1 aromatic heterocycles. The Morgan fingerprint density at radius 1 is 1.53 bits per heavy atom. The van der Waals surface area contributed by atoms with Gasteiger partial charge in [0.25, 0.3) is 5.91 Å². The van der Waals surface area contributed by atoms with Gasteiger partial charge in [0.05, 0.1) is 11.8 Å². The van der Waals surface area contributed by atoms with Gasteiger partial charge in [-0.15, -0.1) is 0 Å². The summed E-state index contributed by atoms with van der Waals surface area (Å²) in [5, 5.41) is 0. The minimum Gasteiger partial charge on any atom is -0.468 e. The summed E-state index contributed by atoms with van der Waals surface area (Å²) in [6.07, 6.45) is -3.98. The van der Waals surface area contributed by atoms with E-state index in [4.69, 9.17) is 5.84 Å². The molecule has 0 aromatic carbocycles. The average molecular weight is 253 g/mol. The number of pyridine rings is 1. The van der Waals surface area contributed by atoms with Crippen molar-refractivity contribution in [2.45, 2.75) is 6.18 Å². The third kappa shape index (κ3) is 3.87. The second kappa shape index (κ2) is 4.95. The van der Waals surface area contributed by atoms with Crippen LogP contribution in [0.3, 0.4) is 0 Å². The predicted molar refractivity (Wildman–Crippen MR) is 47.4 cm³/mol. The Kier molecular flexibility index (Phi) is 3.84. The molecule has 1 heterocycles. The molecular formula is C8H7F4N3O2. The number of nitrogens with two attached hydrogens (primary N) is 1. The van der Waals surface area contributed by atoms with Crippen LogP contribution in [-0.2, 0) is 0 Å². The Morgan fingerprint density at radius 3 is 2.71 bits per heavy atom. The summed E-state index contributed by atoms with van der Waals surface area (Å²) in [5.74, 6) is 2.21. The third-order valence-corrected chi connectivity index (χ3v) is 1.59. The molecule has 5 nitrogen and oxygen atoms in total. The van der Waals surface area contributed by atoms with Gasteiger partial charge in [0.1, 0.15) is 0 Å². The highest BCUT2D eigenvalue weighted by Crippen LogP contribution is 2.18. The lowest BCUT2D eigenvalue weighted by atomic mass is 10.2. The third-order valence-electron chi connectivity index (χ3n) is 1.59. The largest absolute Gasteiger partial charge is 0.468 e. The maximum Gasteiger partial charge on any atom is 0.422 e. The van der Waals surface area contributed by atoms with Gasteiger partial charge in [-0.1, -0.05) is 0 Å². The molecule has 17 heavy (non-hydrogen) atoms. The molecule has 0 spiro atoms. The lowest BCUT2D eigenvalue weighted by molar-refractivity contribution is -0.154. The van der Waals surface area contributed by atoms with Crippen LogP contribution in [0.25, 0.3) is 0 Å². The van der Waals surface area contributed by atoms with Crippen molar-refractivity contribution in [3.8, 4) is 5.88 Å². The van der Waals surface area contributed by atoms with E-state index in [1.54, 1.807) is 5.43 Å². The van der Waals surface area contributed by atoms with Gasteiger partial charge in [0, 0.05) is 6.07 Å². The number of nitrogens with one attached hydrogen (secondary N) is 1. The molecular weight excluding hydrogens is 246 g/mol. The Balaban J connectivity index is 2.86. The molecule has 1 aromatic rings. The zero-order valence-corrected chi connectivity index (χ0v) is 8.21. The molecule has 0 aliphatic rings. The summed E-state index contributed by atoms with van der Waals surface area (Å²) < 4.78 is 52.7. The summed E-state index contributed by atoms with van der Waals surface area (Å²) in [4.78, 5) is 14.2. The number of halogens is 4. The average Bonchev–Trinajstić information content (AvgIpc) is 2.26. The molecule has 9 heteroatoms. The van der Waals surface area contributed by atoms with Crippen molar-refractivity contribution in [3.05, 3.63) is 23.6 Å². The number of hydrogen-bond donors (Lipinski definition) is 2. The standard InChI is InChI=1S/C8H7F4N3O2/c9-5-2-14-6(17-3-8(10,11)12)1-4(5)7(16)15-13/h1-2H,3,13H2,(H,15,16). The summed E-state index contributed by atoms with van der Waals surface area (Å²) in [6, 6.07) is 0.725. The molecule has 94 valence electrons. The summed E-state index contributed by atoms with van der Waals surface area (Å²) in [5.41, 5.74) is 1.08. The molecule has 0 aliphatic carbocycles. The Morgan fingerprint density at radius 2 is 2.18 bits per heavy atom.